The number of ether oxygens (including phenoxy) is 2. The summed E-state index contributed by atoms with van der Waals surface area (Å²) in [5.41, 5.74) is 0.153. The predicted molar refractivity (Wildman–Crippen MR) is 106 cm³/mol. The molecular weight excluding hydrogens is 366 g/mol. The molecule has 1 N–H and O–H groups in total. The number of piperidine rings is 1. The lowest BCUT2D eigenvalue weighted by molar-refractivity contribution is -0.160. The number of aliphatic carboxylic acids is 1. The van der Waals surface area contributed by atoms with Gasteiger partial charge < -0.3 is 14.6 Å². The van der Waals surface area contributed by atoms with E-state index < -0.39 is 17.4 Å². The number of carboxylic acids is 1. The number of carbonyl (C=O) groups is 1. The molecule has 0 amide bonds. The second-order valence-corrected chi connectivity index (χ2v) is 9.08. The van der Waals surface area contributed by atoms with Crippen LogP contribution in [0.5, 0.6) is 11.5 Å². The van der Waals surface area contributed by atoms with Gasteiger partial charge in [-0.3, -0.25) is 9.69 Å². The maximum absolute atomic E-state index is 12.3. The number of hydrogen-bond acceptors (Lipinski definition) is 4. The average Bonchev–Trinajstić information content (AvgIpc) is 3.02. The zero-order chi connectivity index (χ0) is 19.8. The molecule has 0 aliphatic carbocycles. The van der Waals surface area contributed by atoms with Crippen molar-refractivity contribution in [1.29, 1.82) is 0 Å². The first kappa shape index (κ1) is 20.3. The number of benzene rings is 1. The molecule has 2 aliphatic heterocycles. The normalized spacial score (nSPS) is 25.6. The molecule has 27 heavy (non-hydrogen) atoms. The van der Waals surface area contributed by atoms with E-state index in [2.05, 4.69) is 32.6 Å². The Morgan fingerprint density at radius 1 is 1.33 bits per heavy atom. The lowest BCUT2D eigenvalue weighted by Gasteiger charge is -2.58. The van der Waals surface area contributed by atoms with E-state index in [1.54, 1.807) is 6.07 Å². The molecule has 1 aromatic carbocycles. The maximum atomic E-state index is 12.3. The Morgan fingerprint density at radius 3 is 2.59 bits per heavy atom. The van der Waals surface area contributed by atoms with Gasteiger partial charge in [0.25, 0.3) is 0 Å². The monoisotopic (exact) mass is 395 g/mol. The molecule has 1 aromatic rings. The van der Waals surface area contributed by atoms with Crippen molar-refractivity contribution < 1.29 is 19.4 Å². The molecule has 0 bridgehead atoms. The summed E-state index contributed by atoms with van der Waals surface area (Å²) in [6.45, 7) is 10.6. The van der Waals surface area contributed by atoms with E-state index in [-0.39, 0.29) is 12.2 Å². The molecule has 150 valence electrons. The van der Waals surface area contributed by atoms with E-state index in [1.165, 1.54) is 0 Å². The van der Waals surface area contributed by atoms with Crippen molar-refractivity contribution in [1.82, 2.24) is 4.90 Å². The third-order valence-corrected chi connectivity index (χ3v) is 6.51. The van der Waals surface area contributed by atoms with Gasteiger partial charge >= 0.3 is 5.97 Å². The zero-order valence-corrected chi connectivity index (χ0v) is 17.4. The number of halogens is 1. The zero-order valence-electron chi connectivity index (χ0n) is 16.7. The van der Waals surface area contributed by atoms with E-state index in [1.807, 2.05) is 6.07 Å². The van der Waals surface area contributed by atoms with E-state index in [0.717, 1.165) is 31.5 Å². The second kappa shape index (κ2) is 7.51. The van der Waals surface area contributed by atoms with Crippen molar-refractivity contribution in [2.75, 3.05) is 19.9 Å². The van der Waals surface area contributed by atoms with Crippen LogP contribution in [-0.2, 0) is 11.2 Å². The summed E-state index contributed by atoms with van der Waals surface area (Å²) >= 11 is 6.59. The molecule has 1 saturated heterocycles. The van der Waals surface area contributed by atoms with Gasteiger partial charge in [-0.1, -0.05) is 39.3 Å². The Hall–Kier alpha value is -1.46. The minimum atomic E-state index is -0.720. The fraction of sp³-hybridized carbons (Fsp3) is 0.667. The summed E-state index contributed by atoms with van der Waals surface area (Å²) in [5.74, 6) is 0.169. The van der Waals surface area contributed by atoms with E-state index in [9.17, 15) is 9.90 Å². The van der Waals surface area contributed by atoms with Crippen LogP contribution in [-0.4, -0.2) is 41.4 Å². The average molecular weight is 396 g/mol. The van der Waals surface area contributed by atoms with Crippen molar-refractivity contribution in [3.8, 4) is 11.5 Å². The van der Waals surface area contributed by atoms with Crippen molar-refractivity contribution >= 4 is 17.6 Å². The van der Waals surface area contributed by atoms with Crippen LogP contribution >= 0.6 is 11.6 Å². The second-order valence-electron chi connectivity index (χ2n) is 8.67. The highest BCUT2D eigenvalue weighted by Gasteiger charge is 2.56. The van der Waals surface area contributed by atoms with Gasteiger partial charge in [-0.2, -0.15) is 0 Å². The van der Waals surface area contributed by atoms with Crippen LogP contribution in [0.3, 0.4) is 0 Å². The van der Waals surface area contributed by atoms with Crippen LogP contribution in [0.15, 0.2) is 12.1 Å². The van der Waals surface area contributed by atoms with Crippen LogP contribution in [0.4, 0.5) is 0 Å². The quantitative estimate of drug-likeness (QED) is 0.789. The van der Waals surface area contributed by atoms with Crippen molar-refractivity contribution in [3.63, 3.8) is 0 Å². The van der Waals surface area contributed by atoms with Gasteiger partial charge in [0, 0.05) is 16.6 Å². The predicted octanol–water partition coefficient (Wildman–Crippen LogP) is 4.60. The third kappa shape index (κ3) is 3.52. The largest absolute Gasteiger partial charge is 0.481 e. The Bertz CT molecular complexity index is 713. The molecule has 1 fully saturated rings. The molecule has 2 heterocycles. The summed E-state index contributed by atoms with van der Waals surface area (Å²) in [7, 11) is 0. The lowest BCUT2D eigenvalue weighted by Crippen LogP contribution is -2.67. The summed E-state index contributed by atoms with van der Waals surface area (Å²) in [5, 5.41) is 10.7. The van der Waals surface area contributed by atoms with E-state index in [4.69, 9.17) is 21.1 Å². The number of nitrogens with zero attached hydrogens (tertiary/aromatic N) is 1. The van der Waals surface area contributed by atoms with E-state index >= 15 is 0 Å². The molecule has 6 heteroatoms. The first-order chi connectivity index (χ1) is 12.7. The maximum Gasteiger partial charge on any atom is 0.308 e. The fourth-order valence-corrected chi connectivity index (χ4v) is 5.16. The number of likely N-dealkylation sites (tertiary alicyclic amines) is 1. The molecule has 2 atom stereocenters. The molecular formula is C21H30ClNO4. The van der Waals surface area contributed by atoms with Crippen LogP contribution in [0, 0.1) is 11.3 Å². The topological polar surface area (TPSA) is 59.0 Å². The van der Waals surface area contributed by atoms with E-state index in [0.29, 0.717) is 29.4 Å². The molecule has 5 nitrogen and oxygen atoms in total. The summed E-state index contributed by atoms with van der Waals surface area (Å²) in [6, 6.07) is 3.72. The van der Waals surface area contributed by atoms with Gasteiger partial charge in [0.15, 0.2) is 11.5 Å². The minimum absolute atomic E-state index is 0.194. The Morgan fingerprint density at radius 2 is 2.00 bits per heavy atom. The Balaban J connectivity index is 2.11. The van der Waals surface area contributed by atoms with Crippen LogP contribution in [0.2, 0.25) is 5.02 Å². The summed E-state index contributed by atoms with van der Waals surface area (Å²) in [6.07, 6.45) is 3.15. The minimum Gasteiger partial charge on any atom is -0.481 e. The van der Waals surface area contributed by atoms with Crippen molar-refractivity contribution in [2.45, 2.75) is 58.9 Å². The van der Waals surface area contributed by atoms with Gasteiger partial charge in [0.2, 0.25) is 6.79 Å². The first-order valence-corrected chi connectivity index (χ1v) is 10.1. The van der Waals surface area contributed by atoms with Gasteiger partial charge in [-0.05, 0) is 55.8 Å². The number of rotatable bonds is 5. The molecule has 2 aliphatic rings. The molecule has 0 unspecified atom stereocenters. The van der Waals surface area contributed by atoms with Gasteiger partial charge in [0.1, 0.15) is 0 Å². The van der Waals surface area contributed by atoms with Gasteiger partial charge in [0.05, 0.1) is 5.92 Å². The smallest absolute Gasteiger partial charge is 0.308 e. The van der Waals surface area contributed by atoms with Crippen LogP contribution in [0.25, 0.3) is 0 Å². The summed E-state index contributed by atoms with van der Waals surface area (Å²) in [4.78, 5) is 14.7. The van der Waals surface area contributed by atoms with Crippen LogP contribution in [0.1, 0.15) is 52.5 Å². The molecule has 0 aromatic heterocycles. The highest BCUT2D eigenvalue weighted by Crippen LogP contribution is 2.50. The van der Waals surface area contributed by atoms with Crippen LogP contribution < -0.4 is 9.47 Å². The molecule has 0 saturated carbocycles. The summed E-state index contributed by atoms with van der Waals surface area (Å²) < 4.78 is 11.0. The number of carboxylic acid groups (broad SMARTS) is 1. The number of hydrogen-bond donors (Lipinski definition) is 1. The third-order valence-electron chi connectivity index (χ3n) is 6.15. The van der Waals surface area contributed by atoms with Gasteiger partial charge in [-0.25, -0.2) is 0 Å². The lowest BCUT2D eigenvalue weighted by atomic mass is 9.59. The molecule has 0 spiro atoms. The molecule has 3 rings (SSSR count). The standard InChI is InChI=1S/C21H30ClNO4/c1-5-8-23-9-6-7-15(19(24)25)21(23,20(2,3)4)12-14-10-17-18(11-16(14)22)27-13-26-17/h10-11,15H,5-9,12-13H2,1-4H3,(H,24,25)/t15-,21+/m0/s1. The highest BCUT2D eigenvalue weighted by molar-refractivity contribution is 6.31. The Kier molecular flexibility index (Phi) is 5.64. The van der Waals surface area contributed by atoms with Crippen molar-refractivity contribution in [2.24, 2.45) is 11.3 Å². The number of fused-ring (bicyclic) bond motifs is 1. The van der Waals surface area contributed by atoms with Gasteiger partial charge in [-0.15, -0.1) is 0 Å². The van der Waals surface area contributed by atoms with Crippen molar-refractivity contribution in [3.05, 3.63) is 22.7 Å². The molecule has 0 radical (unpaired) electrons. The fourth-order valence-electron chi connectivity index (χ4n) is 4.94. The highest BCUT2D eigenvalue weighted by atomic mass is 35.5. The SMILES string of the molecule is CCCN1CCC[C@@H](C(=O)O)[C@]1(Cc1cc2c(cc1Cl)OCO2)C(C)(C)C. The Labute approximate surface area is 166 Å². The first-order valence-electron chi connectivity index (χ1n) is 9.76.